The second-order valence-corrected chi connectivity index (χ2v) is 4.81. The molecule has 1 fully saturated rings. The smallest absolute Gasteiger partial charge is 0.289 e. The molecule has 1 aromatic heterocycles. The summed E-state index contributed by atoms with van der Waals surface area (Å²) in [5, 5.41) is 9.95. The van der Waals surface area contributed by atoms with Crippen LogP contribution in [0.2, 0.25) is 0 Å². The molecule has 18 heavy (non-hydrogen) atoms. The van der Waals surface area contributed by atoms with Crippen molar-refractivity contribution in [1.29, 1.82) is 0 Å². The number of carbonyl (C=O) groups excluding carboxylic acids is 1. The molecule has 1 amide bonds. The molecule has 3 rings (SSSR count). The minimum Gasteiger partial charge on any atom is -0.451 e. The van der Waals surface area contributed by atoms with Crippen molar-refractivity contribution in [2.45, 2.75) is 6.92 Å². The molecule has 0 unspecified atom stereocenters. The van der Waals surface area contributed by atoms with Gasteiger partial charge in [-0.2, -0.15) is 0 Å². The van der Waals surface area contributed by atoms with Crippen LogP contribution in [-0.4, -0.2) is 35.6 Å². The molecule has 1 saturated heterocycles. The topological polar surface area (TPSA) is 53.7 Å². The number of aliphatic hydroxyl groups excluding tert-OH is 1. The molecule has 4 heteroatoms. The van der Waals surface area contributed by atoms with Crippen LogP contribution in [0.3, 0.4) is 0 Å². The van der Waals surface area contributed by atoms with Crippen LogP contribution in [0.5, 0.6) is 0 Å². The fourth-order valence-corrected chi connectivity index (χ4v) is 2.37. The van der Waals surface area contributed by atoms with E-state index >= 15 is 0 Å². The van der Waals surface area contributed by atoms with Crippen molar-refractivity contribution >= 4 is 16.9 Å². The van der Waals surface area contributed by atoms with E-state index in [1.54, 1.807) is 4.90 Å². The third-order valence-corrected chi connectivity index (χ3v) is 3.54. The van der Waals surface area contributed by atoms with E-state index in [9.17, 15) is 4.79 Å². The van der Waals surface area contributed by atoms with Crippen LogP contribution in [-0.2, 0) is 0 Å². The van der Waals surface area contributed by atoms with Crippen molar-refractivity contribution < 1.29 is 14.3 Å². The SMILES string of the molecule is Cc1c(C(=O)N2CC(CO)C2)oc2ccccc12. The highest BCUT2D eigenvalue weighted by Gasteiger charge is 2.33. The van der Waals surface area contributed by atoms with Gasteiger partial charge < -0.3 is 14.4 Å². The van der Waals surface area contributed by atoms with Crippen LogP contribution < -0.4 is 0 Å². The molecular weight excluding hydrogens is 230 g/mol. The van der Waals surface area contributed by atoms with Crippen molar-refractivity contribution in [1.82, 2.24) is 4.90 Å². The van der Waals surface area contributed by atoms with E-state index in [0.717, 1.165) is 16.5 Å². The van der Waals surface area contributed by atoms with Crippen LogP contribution in [0.4, 0.5) is 0 Å². The van der Waals surface area contributed by atoms with Crippen LogP contribution in [0.1, 0.15) is 16.1 Å². The largest absolute Gasteiger partial charge is 0.451 e. The Morgan fingerprint density at radius 1 is 1.44 bits per heavy atom. The standard InChI is InChI=1S/C14H15NO3/c1-9-11-4-2-3-5-12(11)18-13(9)14(17)15-6-10(7-15)8-16/h2-5,10,16H,6-8H2,1H3. The minimum atomic E-state index is -0.0756. The summed E-state index contributed by atoms with van der Waals surface area (Å²) in [5.41, 5.74) is 1.64. The third-order valence-electron chi connectivity index (χ3n) is 3.54. The first-order valence-electron chi connectivity index (χ1n) is 6.09. The van der Waals surface area contributed by atoms with Crippen LogP contribution in [0.25, 0.3) is 11.0 Å². The van der Waals surface area contributed by atoms with Gasteiger partial charge in [-0.15, -0.1) is 0 Å². The average Bonchev–Trinajstić information content (AvgIpc) is 2.66. The first-order chi connectivity index (χ1) is 8.70. The fourth-order valence-electron chi connectivity index (χ4n) is 2.37. The minimum absolute atomic E-state index is 0.0756. The van der Waals surface area contributed by atoms with Gasteiger partial charge in [0.25, 0.3) is 5.91 Å². The zero-order chi connectivity index (χ0) is 12.7. The molecule has 0 spiro atoms. The summed E-state index contributed by atoms with van der Waals surface area (Å²) in [6, 6.07) is 7.65. The van der Waals surface area contributed by atoms with Crippen LogP contribution in [0.15, 0.2) is 28.7 Å². The highest BCUT2D eigenvalue weighted by molar-refractivity contribution is 5.99. The molecule has 1 N–H and O–H groups in total. The number of para-hydroxylation sites is 1. The molecule has 2 heterocycles. The normalized spacial score (nSPS) is 16.0. The average molecular weight is 245 g/mol. The summed E-state index contributed by atoms with van der Waals surface area (Å²) in [4.78, 5) is 13.9. The third kappa shape index (κ3) is 1.61. The van der Waals surface area contributed by atoms with Gasteiger partial charge in [-0.05, 0) is 13.0 Å². The first-order valence-corrected chi connectivity index (χ1v) is 6.09. The van der Waals surface area contributed by atoms with Gasteiger partial charge in [0.05, 0.1) is 0 Å². The summed E-state index contributed by atoms with van der Waals surface area (Å²) >= 11 is 0. The van der Waals surface area contributed by atoms with Gasteiger partial charge in [0.2, 0.25) is 0 Å². The summed E-state index contributed by atoms with van der Waals surface area (Å²) in [5.74, 6) is 0.569. The molecule has 1 aliphatic rings. The van der Waals surface area contributed by atoms with E-state index in [-0.39, 0.29) is 18.4 Å². The zero-order valence-corrected chi connectivity index (χ0v) is 10.2. The molecule has 94 valence electrons. The fraction of sp³-hybridized carbons (Fsp3) is 0.357. The zero-order valence-electron chi connectivity index (χ0n) is 10.2. The number of fused-ring (bicyclic) bond motifs is 1. The van der Waals surface area contributed by atoms with Gasteiger partial charge in [0.1, 0.15) is 5.58 Å². The Bertz CT molecular complexity index is 596. The molecule has 0 saturated carbocycles. The number of amides is 1. The van der Waals surface area contributed by atoms with Gasteiger partial charge in [0.15, 0.2) is 5.76 Å². The maximum absolute atomic E-state index is 12.2. The lowest BCUT2D eigenvalue weighted by molar-refractivity contribution is 0.0335. The van der Waals surface area contributed by atoms with E-state index < -0.39 is 0 Å². The summed E-state index contributed by atoms with van der Waals surface area (Å²) in [7, 11) is 0. The van der Waals surface area contributed by atoms with Gasteiger partial charge >= 0.3 is 0 Å². The van der Waals surface area contributed by atoms with E-state index in [1.807, 2.05) is 31.2 Å². The van der Waals surface area contributed by atoms with Crippen LogP contribution in [0, 0.1) is 12.8 Å². The first kappa shape index (κ1) is 11.3. The molecule has 2 aromatic rings. The van der Waals surface area contributed by atoms with Crippen LogP contribution >= 0.6 is 0 Å². The monoisotopic (exact) mass is 245 g/mol. The van der Waals surface area contributed by atoms with Gasteiger partial charge in [0, 0.05) is 36.6 Å². The number of carbonyl (C=O) groups is 1. The van der Waals surface area contributed by atoms with Gasteiger partial charge in [-0.1, -0.05) is 18.2 Å². The number of hydrogen-bond acceptors (Lipinski definition) is 3. The number of furan rings is 1. The quantitative estimate of drug-likeness (QED) is 0.877. The molecule has 0 radical (unpaired) electrons. The predicted octanol–water partition coefficient (Wildman–Crippen LogP) is 1.81. The van der Waals surface area contributed by atoms with Crippen molar-refractivity contribution in [3.8, 4) is 0 Å². The second-order valence-electron chi connectivity index (χ2n) is 4.81. The Morgan fingerprint density at radius 3 is 2.83 bits per heavy atom. The molecule has 4 nitrogen and oxygen atoms in total. The Balaban J connectivity index is 1.90. The van der Waals surface area contributed by atoms with Gasteiger partial charge in [-0.3, -0.25) is 4.79 Å². The van der Waals surface area contributed by atoms with E-state index in [2.05, 4.69) is 0 Å². The molecule has 0 bridgehead atoms. The Morgan fingerprint density at radius 2 is 2.17 bits per heavy atom. The highest BCUT2D eigenvalue weighted by atomic mass is 16.3. The summed E-state index contributed by atoms with van der Waals surface area (Å²) < 4.78 is 5.63. The van der Waals surface area contributed by atoms with Crippen molar-refractivity contribution in [3.05, 3.63) is 35.6 Å². The summed E-state index contributed by atoms with van der Waals surface area (Å²) in [6.45, 7) is 3.28. The van der Waals surface area contributed by atoms with E-state index in [4.69, 9.17) is 9.52 Å². The second kappa shape index (κ2) is 4.14. The molecular formula is C14H15NO3. The number of likely N-dealkylation sites (tertiary alicyclic amines) is 1. The highest BCUT2D eigenvalue weighted by Crippen LogP contribution is 2.27. The number of aryl methyl sites for hydroxylation is 1. The molecule has 1 aliphatic heterocycles. The number of rotatable bonds is 2. The van der Waals surface area contributed by atoms with Crippen molar-refractivity contribution in [3.63, 3.8) is 0 Å². The maximum atomic E-state index is 12.2. The number of benzene rings is 1. The lowest BCUT2D eigenvalue weighted by atomic mass is 10.0. The van der Waals surface area contributed by atoms with Gasteiger partial charge in [-0.25, -0.2) is 0 Å². The number of nitrogens with zero attached hydrogens (tertiary/aromatic N) is 1. The maximum Gasteiger partial charge on any atom is 0.289 e. The van der Waals surface area contributed by atoms with E-state index in [1.165, 1.54) is 0 Å². The lowest BCUT2D eigenvalue weighted by Gasteiger charge is -2.37. The summed E-state index contributed by atoms with van der Waals surface area (Å²) in [6.07, 6.45) is 0. The van der Waals surface area contributed by atoms with E-state index in [0.29, 0.717) is 18.8 Å². The molecule has 1 aromatic carbocycles. The molecule has 0 atom stereocenters. The Hall–Kier alpha value is -1.81. The van der Waals surface area contributed by atoms with Crippen molar-refractivity contribution in [2.24, 2.45) is 5.92 Å². The Kier molecular flexibility index (Phi) is 2.59. The molecule has 0 aliphatic carbocycles. The predicted molar refractivity (Wildman–Crippen MR) is 67.4 cm³/mol. The number of aliphatic hydroxyl groups is 1. The number of hydrogen-bond donors (Lipinski definition) is 1. The Labute approximate surface area is 105 Å². The lowest BCUT2D eigenvalue weighted by Crippen LogP contribution is -2.51. The van der Waals surface area contributed by atoms with Crippen molar-refractivity contribution in [2.75, 3.05) is 19.7 Å².